The van der Waals surface area contributed by atoms with Gasteiger partial charge in [0.1, 0.15) is 0 Å². The number of nitro groups is 1. The Balaban J connectivity index is 3.40. The third-order valence-electron chi connectivity index (χ3n) is 2.14. The molecule has 1 aromatic rings. The maximum absolute atomic E-state index is 10.7. The van der Waals surface area contributed by atoms with Crippen LogP contribution in [-0.2, 0) is 0 Å². The molecule has 0 radical (unpaired) electrons. The van der Waals surface area contributed by atoms with E-state index in [9.17, 15) is 10.1 Å². The first-order valence-electron chi connectivity index (χ1n) is 4.20. The molecular weight excluding hydrogens is 326 g/mol. The summed E-state index contributed by atoms with van der Waals surface area (Å²) in [4.78, 5) is 12.1. The molecule has 0 unspecified atom stereocenters. The number of halogens is 2. The highest BCUT2D eigenvalue weighted by Gasteiger charge is 2.15. The van der Waals surface area contributed by atoms with Crippen LogP contribution in [0, 0.1) is 17.0 Å². The molecular formula is C10H9Br2NO2. The van der Waals surface area contributed by atoms with E-state index in [-0.39, 0.29) is 10.6 Å². The van der Waals surface area contributed by atoms with E-state index in [0.717, 1.165) is 15.6 Å². The molecule has 0 heterocycles. The predicted octanol–water partition coefficient (Wildman–Crippen LogP) is 4.42. The zero-order valence-electron chi connectivity index (χ0n) is 8.25. The molecule has 0 aliphatic rings. The SMILES string of the molecule is CC(=CBr)c1ccc([N+](=O)[O-])c(C)c1Br. The normalized spacial score (nSPS) is 11.6. The lowest BCUT2D eigenvalue weighted by Gasteiger charge is -2.07. The molecule has 1 aromatic carbocycles. The van der Waals surface area contributed by atoms with Crippen LogP contribution in [0.1, 0.15) is 18.1 Å². The third kappa shape index (κ3) is 2.46. The van der Waals surface area contributed by atoms with Gasteiger partial charge in [0.2, 0.25) is 0 Å². The van der Waals surface area contributed by atoms with Gasteiger partial charge < -0.3 is 0 Å². The van der Waals surface area contributed by atoms with Crippen molar-refractivity contribution < 1.29 is 4.92 Å². The van der Waals surface area contributed by atoms with Gasteiger partial charge in [-0.05, 0) is 52.0 Å². The second-order valence-electron chi connectivity index (χ2n) is 3.12. The number of allylic oxidation sites excluding steroid dienone is 1. The van der Waals surface area contributed by atoms with Crippen LogP contribution in [0.4, 0.5) is 5.69 Å². The fraction of sp³-hybridized carbons (Fsp3) is 0.200. The quantitative estimate of drug-likeness (QED) is 0.593. The molecule has 80 valence electrons. The van der Waals surface area contributed by atoms with Crippen LogP contribution in [0.3, 0.4) is 0 Å². The summed E-state index contributed by atoms with van der Waals surface area (Å²) in [5, 5.41) is 10.7. The summed E-state index contributed by atoms with van der Waals surface area (Å²) in [6.45, 7) is 3.66. The second kappa shape index (κ2) is 4.90. The molecule has 0 saturated carbocycles. The van der Waals surface area contributed by atoms with Crippen molar-refractivity contribution in [3.8, 4) is 0 Å². The van der Waals surface area contributed by atoms with E-state index >= 15 is 0 Å². The Hall–Kier alpha value is -0.680. The Kier molecular flexibility index (Phi) is 4.04. The highest BCUT2D eigenvalue weighted by Crippen LogP contribution is 2.33. The maximum atomic E-state index is 10.7. The molecule has 15 heavy (non-hydrogen) atoms. The van der Waals surface area contributed by atoms with Gasteiger partial charge in [-0.15, -0.1) is 0 Å². The standard InChI is InChI=1S/C10H9Br2NO2/c1-6(5-11)8-3-4-9(13(14)15)7(2)10(8)12/h3-5H,1-2H3. The third-order valence-corrected chi connectivity index (χ3v) is 3.85. The predicted molar refractivity (Wildman–Crippen MR) is 68.1 cm³/mol. The van der Waals surface area contributed by atoms with E-state index < -0.39 is 0 Å². The van der Waals surface area contributed by atoms with Crippen LogP contribution in [-0.4, -0.2) is 4.92 Å². The van der Waals surface area contributed by atoms with Gasteiger partial charge in [0.15, 0.2) is 0 Å². The fourth-order valence-electron chi connectivity index (χ4n) is 1.24. The minimum Gasteiger partial charge on any atom is -0.258 e. The van der Waals surface area contributed by atoms with E-state index in [1.54, 1.807) is 18.0 Å². The van der Waals surface area contributed by atoms with Crippen molar-refractivity contribution in [3.05, 3.63) is 42.8 Å². The van der Waals surface area contributed by atoms with Crippen LogP contribution in [0.2, 0.25) is 0 Å². The molecule has 0 saturated heterocycles. The molecule has 0 atom stereocenters. The number of hydrogen-bond acceptors (Lipinski definition) is 2. The number of rotatable bonds is 2. The second-order valence-corrected chi connectivity index (χ2v) is 4.37. The van der Waals surface area contributed by atoms with Crippen molar-refractivity contribution in [2.45, 2.75) is 13.8 Å². The summed E-state index contributed by atoms with van der Waals surface area (Å²) in [5.41, 5.74) is 2.74. The Morgan fingerprint density at radius 3 is 2.60 bits per heavy atom. The first kappa shape index (κ1) is 12.4. The van der Waals surface area contributed by atoms with Crippen LogP contribution in [0.15, 0.2) is 21.6 Å². The number of nitro benzene ring substituents is 1. The Labute approximate surface area is 105 Å². The van der Waals surface area contributed by atoms with Crippen molar-refractivity contribution in [2.24, 2.45) is 0 Å². The molecule has 5 heteroatoms. The molecule has 3 nitrogen and oxygen atoms in total. The van der Waals surface area contributed by atoms with Gasteiger partial charge in [-0.3, -0.25) is 10.1 Å². The van der Waals surface area contributed by atoms with Gasteiger partial charge in [-0.25, -0.2) is 0 Å². The molecule has 0 N–H and O–H groups in total. The summed E-state index contributed by atoms with van der Waals surface area (Å²) in [5.74, 6) is 0. The van der Waals surface area contributed by atoms with E-state index in [2.05, 4.69) is 31.9 Å². The minimum atomic E-state index is -0.378. The van der Waals surface area contributed by atoms with Crippen molar-refractivity contribution >= 4 is 43.1 Å². The topological polar surface area (TPSA) is 43.1 Å². The number of benzene rings is 1. The van der Waals surface area contributed by atoms with Crippen molar-refractivity contribution in [1.82, 2.24) is 0 Å². The fourth-order valence-corrected chi connectivity index (χ4v) is 2.13. The summed E-state index contributed by atoms with van der Waals surface area (Å²) in [6, 6.07) is 3.26. The molecule has 0 spiro atoms. The zero-order chi connectivity index (χ0) is 11.6. The average molecular weight is 335 g/mol. The summed E-state index contributed by atoms with van der Waals surface area (Å²) in [7, 11) is 0. The first-order chi connectivity index (χ1) is 6.99. The molecule has 0 aliphatic heterocycles. The lowest BCUT2D eigenvalue weighted by molar-refractivity contribution is -0.385. The summed E-state index contributed by atoms with van der Waals surface area (Å²) < 4.78 is 0.768. The smallest absolute Gasteiger partial charge is 0.258 e. The highest BCUT2D eigenvalue weighted by molar-refractivity contribution is 9.11. The van der Waals surface area contributed by atoms with E-state index in [1.807, 2.05) is 6.92 Å². The van der Waals surface area contributed by atoms with Crippen molar-refractivity contribution in [1.29, 1.82) is 0 Å². The summed E-state index contributed by atoms with van der Waals surface area (Å²) in [6.07, 6.45) is 0. The first-order valence-corrected chi connectivity index (χ1v) is 5.90. The van der Waals surface area contributed by atoms with Crippen LogP contribution in [0.5, 0.6) is 0 Å². The van der Waals surface area contributed by atoms with Gasteiger partial charge in [-0.2, -0.15) is 0 Å². The van der Waals surface area contributed by atoms with Gasteiger partial charge in [0.25, 0.3) is 5.69 Å². The monoisotopic (exact) mass is 333 g/mol. The number of nitrogens with zero attached hydrogens (tertiary/aromatic N) is 1. The van der Waals surface area contributed by atoms with Gasteiger partial charge in [0.05, 0.1) is 4.92 Å². The highest BCUT2D eigenvalue weighted by atomic mass is 79.9. The number of hydrogen-bond donors (Lipinski definition) is 0. The average Bonchev–Trinajstić information content (AvgIpc) is 2.20. The van der Waals surface area contributed by atoms with E-state index in [1.165, 1.54) is 6.07 Å². The van der Waals surface area contributed by atoms with Crippen molar-refractivity contribution in [2.75, 3.05) is 0 Å². The van der Waals surface area contributed by atoms with E-state index in [4.69, 9.17) is 0 Å². The summed E-state index contributed by atoms with van der Waals surface area (Å²) >= 11 is 6.62. The van der Waals surface area contributed by atoms with Crippen molar-refractivity contribution in [3.63, 3.8) is 0 Å². The Bertz CT molecular complexity index is 441. The van der Waals surface area contributed by atoms with Gasteiger partial charge >= 0.3 is 0 Å². The van der Waals surface area contributed by atoms with Gasteiger partial charge in [-0.1, -0.05) is 15.9 Å². The zero-order valence-corrected chi connectivity index (χ0v) is 11.4. The maximum Gasteiger partial charge on any atom is 0.273 e. The molecule has 0 bridgehead atoms. The Morgan fingerprint density at radius 2 is 2.13 bits per heavy atom. The largest absolute Gasteiger partial charge is 0.273 e. The molecule has 1 rings (SSSR count). The Morgan fingerprint density at radius 1 is 1.53 bits per heavy atom. The van der Waals surface area contributed by atoms with Crippen LogP contribution in [0.25, 0.3) is 5.57 Å². The minimum absolute atomic E-state index is 0.132. The molecule has 0 amide bonds. The van der Waals surface area contributed by atoms with E-state index in [0.29, 0.717) is 5.56 Å². The van der Waals surface area contributed by atoms with Crippen LogP contribution >= 0.6 is 31.9 Å². The lowest BCUT2D eigenvalue weighted by Crippen LogP contribution is -1.94. The molecule has 0 aliphatic carbocycles. The van der Waals surface area contributed by atoms with Gasteiger partial charge in [0, 0.05) is 16.1 Å². The van der Waals surface area contributed by atoms with Crippen LogP contribution < -0.4 is 0 Å². The molecule has 0 fully saturated rings. The lowest BCUT2D eigenvalue weighted by atomic mass is 10.1. The molecule has 0 aromatic heterocycles.